The molecule has 0 aromatic heterocycles. The molecule has 1 aliphatic rings. The van der Waals surface area contributed by atoms with Crippen LogP contribution in [0.3, 0.4) is 0 Å². The molecular formula is C17H24F2N2O2. The van der Waals surface area contributed by atoms with Crippen molar-refractivity contribution in [1.82, 2.24) is 10.6 Å². The van der Waals surface area contributed by atoms with Crippen LogP contribution in [0.4, 0.5) is 8.78 Å². The Morgan fingerprint density at radius 2 is 2.30 bits per heavy atom. The molecule has 2 rings (SSSR count). The molecule has 23 heavy (non-hydrogen) atoms. The molecule has 1 saturated heterocycles. The third-order valence-corrected chi connectivity index (χ3v) is 4.02. The van der Waals surface area contributed by atoms with E-state index in [0.29, 0.717) is 13.1 Å². The van der Waals surface area contributed by atoms with Gasteiger partial charge < -0.3 is 15.4 Å². The van der Waals surface area contributed by atoms with Gasteiger partial charge in [-0.25, -0.2) is 8.78 Å². The van der Waals surface area contributed by atoms with Crippen LogP contribution < -0.4 is 10.6 Å². The first-order valence-corrected chi connectivity index (χ1v) is 8.16. The molecule has 4 nitrogen and oxygen atoms in total. The molecule has 2 unspecified atom stereocenters. The van der Waals surface area contributed by atoms with Gasteiger partial charge in [0.25, 0.3) is 0 Å². The number of ether oxygens (including phenoxy) is 1. The number of benzene rings is 1. The van der Waals surface area contributed by atoms with E-state index in [0.717, 1.165) is 31.9 Å². The highest BCUT2D eigenvalue weighted by Gasteiger charge is 2.29. The van der Waals surface area contributed by atoms with E-state index in [1.54, 1.807) is 0 Å². The number of carbonyl (C=O) groups is 1. The molecule has 0 saturated carbocycles. The second kappa shape index (κ2) is 8.93. The van der Waals surface area contributed by atoms with Crippen LogP contribution in [0.1, 0.15) is 37.9 Å². The first-order valence-electron chi connectivity index (χ1n) is 8.16. The second-order valence-electron chi connectivity index (χ2n) is 5.83. The number of halogens is 2. The fraction of sp³-hybridized carbons (Fsp3) is 0.588. The summed E-state index contributed by atoms with van der Waals surface area (Å²) < 4.78 is 33.4. The summed E-state index contributed by atoms with van der Waals surface area (Å²) in [7, 11) is 0. The topological polar surface area (TPSA) is 50.4 Å². The van der Waals surface area contributed by atoms with E-state index in [1.165, 1.54) is 12.1 Å². The maximum absolute atomic E-state index is 14.2. The van der Waals surface area contributed by atoms with Crippen molar-refractivity contribution in [1.29, 1.82) is 0 Å². The Kier molecular flexibility index (Phi) is 6.92. The number of amides is 1. The summed E-state index contributed by atoms with van der Waals surface area (Å²) in [6.45, 7) is 3.95. The Labute approximate surface area is 135 Å². The zero-order chi connectivity index (χ0) is 16.7. The molecule has 1 amide bonds. The minimum Gasteiger partial charge on any atom is -0.363 e. The van der Waals surface area contributed by atoms with E-state index in [2.05, 4.69) is 10.6 Å². The molecule has 0 bridgehead atoms. The van der Waals surface area contributed by atoms with Crippen LogP contribution in [0.5, 0.6) is 0 Å². The van der Waals surface area contributed by atoms with Crippen molar-refractivity contribution in [2.75, 3.05) is 26.2 Å². The van der Waals surface area contributed by atoms with Gasteiger partial charge in [0.05, 0.1) is 6.10 Å². The Balaban J connectivity index is 2.11. The van der Waals surface area contributed by atoms with Gasteiger partial charge in [-0.3, -0.25) is 4.79 Å². The molecule has 0 radical (unpaired) electrons. The molecule has 1 fully saturated rings. The van der Waals surface area contributed by atoms with E-state index in [4.69, 9.17) is 4.74 Å². The van der Waals surface area contributed by atoms with Crippen LogP contribution in [-0.2, 0) is 9.53 Å². The number of hydrogen-bond acceptors (Lipinski definition) is 3. The largest absolute Gasteiger partial charge is 0.363 e. The number of carbonyl (C=O) groups excluding carboxylic acids is 1. The number of nitrogens with one attached hydrogen (secondary N) is 2. The highest BCUT2D eigenvalue weighted by molar-refractivity contribution is 5.77. The van der Waals surface area contributed by atoms with Crippen molar-refractivity contribution in [3.8, 4) is 0 Å². The zero-order valence-electron chi connectivity index (χ0n) is 13.4. The molecule has 2 N–H and O–H groups in total. The molecule has 0 spiro atoms. The van der Waals surface area contributed by atoms with Crippen LogP contribution in [-0.4, -0.2) is 32.1 Å². The van der Waals surface area contributed by atoms with Gasteiger partial charge >= 0.3 is 0 Å². The quantitative estimate of drug-likeness (QED) is 0.810. The van der Waals surface area contributed by atoms with Crippen LogP contribution in [0.15, 0.2) is 18.2 Å². The lowest BCUT2D eigenvalue weighted by Crippen LogP contribution is -2.36. The van der Waals surface area contributed by atoms with Gasteiger partial charge in [-0.2, -0.15) is 0 Å². The molecule has 1 heterocycles. The highest BCUT2D eigenvalue weighted by Crippen LogP contribution is 2.32. The van der Waals surface area contributed by atoms with Crippen molar-refractivity contribution in [3.63, 3.8) is 0 Å². The van der Waals surface area contributed by atoms with Gasteiger partial charge in [-0.15, -0.1) is 0 Å². The fourth-order valence-corrected chi connectivity index (χ4v) is 2.84. The normalized spacial score (nSPS) is 19.3. The van der Waals surface area contributed by atoms with Gasteiger partial charge in [-0.1, -0.05) is 19.1 Å². The first-order chi connectivity index (χ1) is 11.1. The SMILES string of the molecule is CCCNC(=O)COC(c1cccc(F)c1F)C1CCCNC1. The summed E-state index contributed by atoms with van der Waals surface area (Å²) in [4.78, 5) is 11.8. The molecule has 128 valence electrons. The maximum Gasteiger partial charge on any atom is 0.246 e. The van der Waals surface area contributed by atoms with Gasteiger partial charge in [0.2, 0.25) is 5.91 Å². The monoisotopic (exact) mass is 326 g/mol. The maximum atomic E-state index is 14.2. The molecule has 1 aromatic rings. The van der Waals surface area contributed by atoms with E-state index in [9.17, 15) is 13.6 Å². The van der Waals surface area contributed by atoms with Gasteiger partial charge in [-0.05, 0) is 31.9 Å². The summed E-state index contributed by atoms with van der Waals surface area (Å²) >= 11 is 0. The minimum atomic E-state index is -0.893. The third-order valence-electron chi connectivity index (χ3n) is 4.02. The lowest BCUT2D eigenvalue weighted by molar-refractivity contribution is -0.129. The fourth-order valence-electron chi connectivity index (χ4n) is 2.84. The average Bonchev–Trinajstić information content (AvgIpc) is 2.57. The molecule has 1 aliphatic heterocycles. The van der Waals surface area contributed by atoms with Crippen LogP contribution in [0.25, 0.3) is 0 Å². The lowest BCUT2D eigenvalue weighted by Gasteiger charge is -2.31. The van der Waals surface area contributed by atoms with E-state index in [-0.39, 0.29) is 24.0 Å². The zero-order valence-corrected chi connectivity index (χ0v) is 13.4. The molecule has 0 aliphatic carbocycles. The smallest absolute Gasteiger partial charge is 0.246 e. The van der Waals surface area contributed by atoms with E-state index >= 15 is 0 Å². The average molecular weight is 326 g/mol. The van der Waals surface area contributed by atoms with Gasteiger partial charge in [0.1, 0.15) is 6.61 Å². The standard InChI is InChI=1S/C17H24F2N2O2/c1-2-8-21-15(22)11-23-17(12-5-4-9-20-10-12)13-6-3-7-14(18)16(13)19/h3,6-7,12,17,20H,2,4-5,8-11H2,1H3,(H,21,22). The Morgan fingerprint density at radius 3 is 3.00 bits per heavy atom. The van der Waals surface area contributed by atoms with Crippen LogP contribution in [0, 0.1) is 17.6 Å². The Hall–Kier alpha value is -1.53. The molecule has 2 atom stereocenters. The number of piperidine rings is 1. The second-order valence-corrected chi connectivity index (χ2v) is 5.83. The summed E-state index contributed by atoms with van der Waals surface area (Å²) in [6, 6.07) is 4.09. The Bertz CT molecular complexity index is 519. The summed E-state index contributed by atoms with van der Waals surface area (Å²) in [5.41, 5.74) is 0.182. The summed E-state index contributed by atoms with van der Waals surface area (Å²) in [5, 5.41) is 5.97. The third kappa shape index (κ3) is 4.97. The van der Waals surface area contributed by atoms with E-state index in [1.807, 2.05) is 6.92 Å². The molecule has 6 heteroatoms. The van der Waals surface area contributed by atoms with Crippen molar-refractivity contribution in [2.24, 2.45) is 5.92 Å². The van der Waals surface area contributed by atoms with E-state index < -0.39 is 17.7 Å². The lowest BCUT2D eigenvalue weighted by atomic mass is 9.89. The van der Waals surface area contributed by atoms with Crippen LogP contribution in [0.2, 0.25) is 0 Å². The highest BCUT2D eigenvalue weighted by atomic mass is 19.2. The first kappa shape index (κ1) is 17.8. The molecular weight excluding hydrogens is 302 g/mol. The minimum absolute atomic E-state index is 0.0130. The summed E-state index contributed by atoms with van der Waals surface area (Å²) in [6.07, 6.45) is 2.00. The predicted molar refractivity (Wildman–Crippen MR) is 83.9 cm³/mol. The van der Waals surface area contributed by atoms with Crippen molar-refractivity contribution in [2.45, 2.75) is 32.3 Å². The Morgan fingerprint density at radius 1 is 1.48 bits per heavy atom. The van der Waals surface area contributed by atoms with Crippen LogP contribution >= 0.6 is 0 Å². The number of rotatable bonds is 7. The van der Waals surface area contributed by atoms with Crippen molar-refractivity contribution in [3.05, 3.63) is 35.4 Å². The van der Waals surface area contributed by atoms with Gasteiger partial charge in [0.15, 0.2) is 11.6 Å². The van der Waals surface area contributed by atoms with Crippen molar-refractivity contribution >= 4 is 5.91 Å². The number of hydrogen-bond donors (Lipinski definition) is 2. The van der Waals surface area contributed by atoms with Gasteiger partial charge in [0, 0.05) is 24.6 Å². The van der Waals surface area contributed by atoms with Crippen molar-refractivity contribution < 1.29 is 18.3 Å². The molecule has 1 aromatic carbocycles. The summed E-state index contributed by atoms with van der Waals surface area (Å²) in [5.74, 6) is -2.01. The predicted octanol–water partition coefficient (Wildman–Crippen LogP) is 2.55.